The molecule has 0 unspecified atom stereocenters. The Morgan fingerprint density at radius 1 is 1.19 bits per heavy atom. The lowest BCUT2D eigenvalue weighted by Gasteiger charge is -2.35. The number of fused-ring (bicyclic) bond motifs is 1. The minimum absolute atomic E-state index is 0.166. The van der Waals surface area contributed by atoms with Gasteiger partial charge in [0.1, 0.15) is 16.9 Å². The second-order valence-electron chi connectivity index (χ2n) is 6.84. The molecule has 0 aliphatic carbocycles. The van der Waals surface area contributed by atoms with Gasteiger partial charge in [-0.05, 0) is 49.9 Å². The van der Waals surface area contributed by atoms with Crippen LogP contribution in [-0.2, 0) is 6.42 Å². The largest absolute Gasteiger partial charge is 0.478 e. The maximum absolute atomic E-state index is 12.2. The number of anilines is 2. The number of aromatic amines is 1. The summed E-state index contributed by atoms with van der Waals surface area (Å²) in [6, 6.07) is 5.55. The summed E-state index contributed by atoms with van der Waals surface area (Å²) in [5.74, 6) is -3.27. The van der Waals surface area contributed by atoms with Gasteiger partial charge in [-0.25, -0.2) is 9.59 Å². The summed E-state index contributed by atoms with van der Waals surface area (Å²) in [6.07, 6.45) is 1.72. The van der Waals surface area contributed by atoms with Gasteiger partial charge < -0.3 is 25.8 Å². The lowest BCUT2D eigenvalue weighted by Crippen LogP contribution is -2.35. The molecule has 8 heteroatoms. The highest BCUT2D eigenvalue weighted by Gasteiger charge is 2.28. The van der Waals surface area contributed by atoms with Gasteiger partial charge in [0, 0.05) is 23.8 Å². The SMILES string of the molecule is CC(C)N1CCCc2cc(-c3c(C(=O)O)c(N)[nH]c(=O)c3C(=O)O)ccc21. The maximum atomic E-state index is 12.2. The van der Waals surface area contributed by atoms with E-state index in [0.29, 0.717) is 11.6 Å². The van der Waals surface area contributed by atoms with Crippen molar-refractivity contribution in [2.75, 3.05) is 17.2 Å². The Labute approximate surface area is 155 Å². The van der Waals surface area contributed by atoms with Gasteiger partial charge in [-0.1, -0.05) is 6.07 Å². The Morgan fingerprint density at radius 2 is 1.85 bits per heavy atom. The third kappa shape index (κ3) is 3.14. The fraction of sp³-hybridized carbons (Fsp3) is 0.316. The van der Waals surface area contributed by atoms with Gasteiger partial charge >= 0.3 is 11.9 Å². The first-order valence-corrected chi connectivity index (χ1v) is 8.64. The van der Waals surface area contributed by atoms with E-state index in [9.17, 15) is 24.6 Å². The number of aryl methyl sites for hydroxylation is 1. The van der Waals surface area contributed by atoms with Crippen LogP contribution in [0.25, 0.3) is 11.1 Å². The van der Waals surface area contributed by atoms with Crippen molar-refractivity contribution in [3.05, 3.63) is 45.2 Å². The van der Waals surface area contributed by atoms with E-state index in [2.05, 4.69) is 23.7 Å². The molecular formula is C19H21N3O5. The third-order valence-corrected chi connectivity index (χ3v) is 4.82. The molecule has 8 nitrogen and oxygen atoms in total. The molecule has 27 heavy (non-hydrogen) atoms. The molecule has 0 saturated heterocycles. The average molecular weight is 371 g/mol. The Hall–Kier alpha value is -3.29. The monoisotopic (exact) mass is 371 g/mol. The molecular weight excluding hydrogens is 350 g/mol. The number of nitrogens with two attached hydrogens (primary N) is 1. The van der Waals surface area contributed by atoms with Crippen molar-refractivity contribution in [2.24, 2.45) is 0 Å². The van der Waals surface area contributed by atoms with Crippen molar-refractivity contribution < 1.29 is 19.8 Å². The molecule has 5 N–H and O–H groups in total. The van der Waals surface area contributed by atoms with Gasteiger partial charge in [-0.3, -0.25) is 4.79 Å². The van der Waals surface area contributed by atoms with Crippen molar-refractivity contribution in [1.29, 1.82) is 0 Å². The number of pyridine rings is 1. The number of carboxylic acids is 2. The summed E-state index contributed by atoms with van der Waals surface area (Å²) in [7, 11) is 0. The normalized spacial score (nSPS) is 13.5. The minimum atomic E-state index is -1.50. The second kappa shape index (κ2) is 6.79. The zero-order valence-corrected chi connectivity index (χ0v) is 15.1. The lowest BCUT2D eigenvalue weighted by molar-refractivity contribution is 0.0695. The number of benzene rings is 1. The average Bonchev–Trinajstić information content (AvgIpc) is 2.59. The van der Waals surface area contributed by atoms with E-state index >= 15 is 0 Å². The number of nitrogens with one attached hydrogen (secondary N) is 1. The first-order valence-electron chi connectivity index (χ1n) is 8.64. The number of nitrogen functional groups attached to an aromatic ring is 1. The highest BCUT2D eigenvalue weighted by Crippen LogP contribution is 2.35. The van der Waals surface area contributed by atoms with E-state index in [-0.39, 0.29) is 11.4 Å². The van der Waals surface area contributed by atoms with Gasteiger partial charge in [0.25, 0.3) is 5.56 Å². The van der Waals surface area contributed by atoms with Crippen molar-refractivity contribution in [2.45, 2.75) is 32.7 Å². The van der Waals surface area contributed by atoms with E-state index < -0.39 is 28.6 Å². The van der Waals surface area contributed by atoms with E-state index in [1.165, 1.54) is 0 Å². The highest BCUT2D eigenvalue weighted by atomic mass is 16.4. The summed E-state index contributed by atoms with van der Waals surface area (Å²) in [6.45, 7) is 5.10. The fourth-order valence-corrected chi connectivity index (χ4v) is 3.65. The summed E-state index contributed by atoms with van der Waals surface area (Å²) < 4.78 is 0. The van der Waals surface area contributed by atoms with Crippen molar-refractivity contribution in [3.63, 3.8) is 0 Å². The van der Waals surface area contributed by atoms with E-state index in [1.807, 2.05) is 6.07 Å². The summed E-state index contributed by atoms with van der Waals surface area (Å²) in [5.41, 5.74) is 5.93. The van der Waals surface area contributed by atoms with Gasteiger partial charge in [0.15, 0.2) is 0 Å². The van der Waals surface area contributed by atoms with Crippen molar-refractivity contribution in [1.82, 2.24) is 4.98 Å². The second-order valence-corrected chi connectivity index (χ2v) is 6.84. The number of carboxylic acid groups (broad SMARTS) is 2. The van der Waals surface area contributed by atoms with Crippen LogP contribution in [-0.4, -0.2) is 39.7 Å². The quantitative estimate of drug-likeness (QED) is 0.646. The predicted octanol–water partition coefficient (Wildman–Crippen LogP) is 2.18. The molecule has 0 spiro atoms. The molecule has 0 bridgehead atoms. The van der Waals surface area contributed by atoms with Crippen LogP contribution in [0.3, 0.4) is 0 Å². The number of aromatic nitrogens is 1. The molecule has 0 radical (unpaired) electrons. The molecule has 1 aliphatic rings. The van der Waals surface area contributed by atoms with Gasteiger partial charge in [-0.15, -0.1) is 0 Å². The fourth-order valence-electron chi connectivity index (χ4n) is 3.65. The Balaban J connectivity index is 2.30. The molecule has 1 aromatic heterocycles. The van der Waals surface area contributed by atoms with Gasteiger partial charge in [0.05, 0.1) is 0 Å². The number of hydrogen-bond acceptors (Lipinski definition) is 5. The van der Waals surface area contributed by atoms with E-state index in [4.69, 9.17) is 5.73 Å². The molecule has 0 fully saturated rings. The number of rotatable bonds is 4. The van der Waals surface area contributed by atoms with Gasteiger partial charge in [0.2, 0.25) is 0 Å². The zero-order chi connectivity index (χ0) is 19.9. The van der Waals surface area contributed by atoms with E-state index in [1.54, 1.807) is 12.1 Å². The van der Waals surface area contributed by atoms with Crippen LogP contribution < -0.4 is 16.2 Å². The summed E-state index contributed by atoms with van der Waals surface area (Å²) >= 11 is 0. The van der Waals surface area contributed by atoms with Crippen LogP contribution in [0, 0.1) is 0 Å². The molecule has 0 amide bonds. The van der Waals surface area contributed by atoms with Crippen molar-refractivity contribution in [3.8, 4) is 11.1 Å². The molecule has 0 saturated carbocycles. The van der Waals surface area contributed by atoms with Gasteiger partial charge in [-0.2, -0.15) is 0 Å². The Morgan fingerprint density at radius 3 is 2.44 bits per heavy atom. The smallest absolute Gasteiger partial charge is 0.342 e. The molecule has 1 aliphatic heterocycles. The van der Waals surface area contributed by atoms with Crippen LogP contribution in [0.5, 0.6) is 0 Å². The Bertz CT molecular complexity index is 994. The predicted molar refractivity (Wildman–Crippen MR) is 102 cm³/mol. The minimum Gasteiger partial charge on any atom is -0.478 e. The number of carbonyl (C=O) groups is 2. The lowest BCUT2D eigenvalue weighted by atomic mass is 9.91. The van der Waals surface area contributed by atoms with Crippen LogP contribution in [0.1, 0.15) is 46.5 Å². The summed E-state index contributed by atoms with van der Waals surface area (Å²) in [4.78, 5) is 39.9. The van der Waals surface area contributed by atoms with Crippen molar-refractivity contribution >= 4 is 23.4 Å². The standard InChI is InChI=1S/C19H21N3O5/c1-9(2)22-7-3-4-10-8-11(5-6-12(10)22)13-14(18(24)25)16(20)21-17(23)15(13)19(26)27/h5-6,8-9H,3-4,7H2,1-2H3,(H,24,25)(H,26,27)(H3,20,21,23). The molecule has 142 valence electrons. The Kier molecular flexibility index (Phi) is 4.65. The van der Waals surface area contributed by atoms with Crippen LogP contribution in [0.4, 0.5) is 11.5 Å². The topological polar surface area (TPSA) is 137 Å². The molecule has 2 aromatic rings. The first kappa shape index (κ1) is 18.5. The molecule has 2 heterocycles. The highest BCUT2D eigenvalue weighted by molar-refractivity contribution is 6.07. The molecule has 0 atom stereocenters. The van der Waals surface area contributed by atoms with E-state index in [0.717, 1.165) is 30.6 Å². The first-order chi connectivity index (χ1) is 12.7. The third-order valence-electron chi connectivity index (χ3n) is 4.82. The number of H-pyrrole nitrogens is 1. The summed E-state index contributed by atoms with van der Waals surface area (Å²) in [5, 5.41) is 19.1. The number of hydrogen-bond donors (Lipinski definition) is 4. The molecule has 3 rings (SSSR count). The molecule has 1 aromatic carbocycles. The van der Waals surface area contributed by atoms with Crippen LogP contribution >= 0.6 is 0 Å². The number of nitrogens with zero attached hydrogens (tertiary/aromatic N) is 1. The van der Waals surface area contributed by atoms with Crippen LogP contribution in [0.2, 0.25) is 0 Å². The zero-order valence-electron chi connectivity index (χ0n) is 15.1. The maximum Gasteiger partial charge on any atom is 0.342 e. The van der Waals surface area contributed by atoms with Crippen LogP contribution in [0.15, 0.2) is 23.0 Å². The number of aromatic carboxylic acids is 2.